The van der Waals surface area contributed by atoms with Crippen molar-refractivity contribution in [3.05, 3.63) is 35.9 Å². The zero-order valence-corrected chi connectivity index (χ0v) is 10.2. The fourth-order valence-corrected chi connectivity index (χ4v) is 2.42. The number of nitrogens with zero attached hydrogens (tertiary/aromatic N) is 1. The van der Waals surface area contributed by atoms with Gasteiger partial charge >= 0.3 is 0 Å². The highest BCUT2D eigenvalue weighted by Gasteiger charge is 2.34. The number of rotatable bonds is 1. The van der Waals surface area contributed by atoms with E-state index in [9.17, 15) is 0 Å². The Balaban J connectivity index is 2.22. The van der Waals surface area contributed by atoms with Gasteiger partial charge in [-0.25, -0.2) is 0 Å². The Morgan fingerprint density at radius 3 is 2.62 bits per heavy atom. The Labute approximate surface area is 98.5 Å². The van der Waals surface area contributed by atoms with Gasteiger partial charge in [0, 0.05) is 5.56 Å². The summed E-state index contributed by atoms with van der Waals surface area (Å²) in [6.07, 6.45) is 3.59. The van der Waals surface area contributed by atoms with Gasteiger partial charge in [0.25, 0.3) is 0 Å². The molecule has 1 unspecified atom stereocenters. The molecule has 0 aromatic heterocycles. The first-order chi connectivity index (χ1) is 7.77. The lowest BCUT2D eigenvalue weighted by Gasteiger charge is -2.29. The third-order valence-corrected chi connectivity index (χ3v) is 3.61. The lowest BCUT2D eigenvalue weighted by Crippen LogP contribution is -2.39. The average Bonchev–Trinajstić information content (AvgIpc) is 2.70. The summed E-state index contributed by atoms with van der Waals surface area (Å²) in [6, 6.07) is 10.3. The first-order valence-electron chi connectivity index (χ1n) is 6.06. The van der Waals surface area contributed by atoms with Gasteiger partial charge in [-0.3, -0.25) is 4.90 Å². The normalized spacial score (nSPS) is 25.1. The van der Waals surface area contributed by atoms with E-state index in [2.05, 4.69) is 42.8 Å². The molecule has 0 saturated carbocycles. The molecular weight excluding hydrogens is 194 g/mol. The van der Waals surface area contributed by atoms with Gasteiger partial charge in [0.2, 0.25) is 0 Å². The minimum atomic E-state index is 0.121. The minimum absolute atomic E-state index is 0.121. The topological polar surface area (TPSA) is 3.24 Å². The van der Waals surface area contributed by atoms with Crippen LogP contribution in [0.1, 0.15) is 31.7 Å². The first-order valence-corrected chi connectivity index (χ1v) is 6.06. The van der Waals surface area contributed by atoms with Gasteiger partial charge in [-0.2, -0.15) is 0 Å². The second-order valence-electron chi connectivity index (χ2n) is 4.53. The molecule has 1 aliphatic heterocycles. The molecule has 0 amide bonds. The lowest BCUT2D eigenvalue weighted by molar-refractivity contribution is 0.233. The van der Waals surface area contributed by atoms with E-state index in [1.54, 1.807) is 0 Å². The third kappa shape index (κ3) is 2.13. The lowest BCUT2D eigenvalue weighted by atomic mass is 9.93. The SMILES string of the molecule is CCC1(C#Cc2ccccc2)CCCN1C. The Hall–Kier alpha value is -1.26. The highest BCUT2D eigenvalue weighted by atomic mass is 15.2. The molecule has 1 fully saturated rings. The molecule has 1 heterocycles. The summed E-state index contributed by atoms with van der Waals surface area (Å²) in [4.78, 5) is 2.41. The van der Waals surface area contributed by atoms with E-state index in [1.807, 2.05) is 18.2 Å². The van der Waals surface area contributed by atoms with Gasteiger partial charge in [0.15, 0.2) is 0 Å². The monoisotopic (exact) mass is 213 g/mol. The molecule has 0 bridgehead atoms. The maximum atomic E-state index is 3.49. The van der Waals surface area contributed by atoms with Crippen molar-refractivity contribution in [3.63, 3.8) is 0 Å². The van der Waals surface area contributed by atoms with E-state index in [4.69, 9.17) is 0 Å². The summed E-state index contributed by atoms with van der Waals surface area (Å²) < 4.78 is 0. The van der Waals surface area contributed by atoms with Gasteiger partial charge in [-0.1, -0.05) is 37.0 Å². The van der Waals surface area contributed by atoms with Crippen LogP contribution in [0, 0.1) is 11.8 Å². The van der Waals surface area contributed by atoms with E-state index in [0.717, 1.165) is 12.0 Å². The molecule has 84 valence electrons. The minimum Gasteiger partial charge on any atom is -0.290 e. The number of hydrogen-bond donors (Lipinski definition) is 0. The molecule has 0 N–H and O–H groups in total. The second kappa shape index (κ2) is 4.72. The highest BCUT2D eigenvalue weighted by Crippen LogP contribution is 2.30. The van der Waals surface area contributed by atoms with Gasteiger partial charge in [-0.05, 0) is 45.0 Å². The number of hydrogen-bond acceptors (Lipinski definition) is 1. The smallest absolute Gasteiger partial charge is 0.0824 e. The summed E-state index contributed by atoms with van der Waals surface area (Å²) in [7, 11) is 2.19. The van der Waals surface area contributed by atoms with Crippen molar-refractivity contribution in [2.75, 3.05) is 13.6 Å². The van der Waals surface area contributed by atoms with Crippen molar-refractivity contribution in [1.29, 1.82) is 0 Å². The molecule has 0 aliphatic carbocycles. The fourth-order valence-electron chi connectivity index (χ4n) is 2.42. The molecule has 1 aromatic rings. The number of likely N-dealkylation sites (tertiary alicyclic amines) is 1. The Bertz CT molecular complexity index is 398. The van der Waals surface area contributed by atoms with Gasteiger partial charge < -0.3 is 0 Å². The van der Waals surface area contributed by atoms with Crippen LogP contribution in [0.2, 0.25) is 0 Å². The quantitative estimate of drug-likeness (QED) is 0.648. The molecular formula is C15H19N. The predicted octanol–water partition coefficient (Wildman–Crippen LogP) is 2.91. The average molecular weight is 213 g/mol. The molecule has 1 aromatic carbocycles. The van der Waals surface area contributed by atoms with Crippen LogP contribution < -0.4 is 0 Å². The van der Waals surface area contributed by atoms with Crippen LogP contribution in [0.5, 0.6) is 0 Å². The van der Waals surface area contributed by atoms with Crippen molar-refractivity contribution in [3.8, 4) is 11.8 Å². The van der Waals surface area contributed by atoms with Crippen LogP contribution in [0.25, 0.3) is 0 Å². The molecule has 1 nitrogen and oxygen atoms in total. The Morgan fingerprint density at radius 2 is 2.06 bits per heavy atom. The van der Waals surface area contributed by atoms with Crippen molar-refractivity contribution in [2.45, 2.75) is 31.7 Å². The van der Waals surface area contributed by atoms with E-state index < -0.39 is 0 Å². The summed E-state index contributed by atoms with van der Waals surface area (Å²) in [5.74, 6) is 6.80. The Kier molecular flexibility index (Phi) is 3.31. The number of benzene rings is 1. The molecule has 2 rings (SSSR count). The van der Waals surface area contributed by atoms with Crippen LogP contribution in [-0.2, 0) is 0 Å². The summed E-state index contributed by atoms with van der Waals surface area (Å²) >= 11 is 0. The zero-order chi connectivity index (χ0) is 11.4. The van der Waals surface area contributed by atoms with Gasteiger partial charge in [0.05, 0.1) is 5.54 Å². The molecule has 16 heavy (non-hydrogen) atoms. The largest absolute Gasteiger partial charge is 0.290 e. The maximum absolute atomic E-state index is 3.49. The third-order valence-electron chi connectivity index (χ3n) is 3.61. The van der Waals surface area contributed by atoms with E-state index in [0.29, 0.717) is 0 Å². The predicted molar refractivity (Wildman–Crippen MR) is 68.2 cm³/mol. The van der Waals surface area contributed by atoms with Crippen molar-refractivity contribution in [1.82, 2.24) is 4.90 Å². The van der Waals surface area contributed by atoms with Crippen LogP contribution in [0.4, 0.5) is 0 Å². The molecule has 0 spiro atoms. The molecule has 1 atom stereocenters. The van der Waals surface area contributed by atoms with Crippen molar-refractivity contribution < 1.29 is 0 Å². The molecule has 1 aliphatic rings. The van der Waals surface area contributed by atoms with Crippen molar-refractivity contribution in [2.24, 2.45) is 0 Å². The second-order valence-corrected chi connectivity index (χ2v) is 4.53. The maximum Gasteiger partial charge on any atom is 0.0824 e. The standard InChI is InChI=1S/C15H19N/c1-3-15(11-7-13-16(15)2)12-10-14-8-5-4-6-9-14/h4-6,8-9H,3,7,11,13H2,1-2H3. The molecule has 1 heteroatoms. The van der Waals surface area contributed by atoms with E-state index in [1.165, 1.54) is 19.4 Å². The summed E-state index contributed by atoms with van der Waals surface area (Å²) in [5, 5.41) is 0. The highest BCUT2D eigenvalue weighted by molar-refractivity contribution is 5.37. The van der Waals surface area contributed by atoms with Gasteiger partial charge in [0.1, 0.15) is 0 Å². The van der Waals surface area contributed by atoms with Crippen LogP contribution in [0.3, 0.4) is 0 Å². The van der Waals surface area contributed by atoms with Gasteiger partial charge in [-0.15, -0.1) is 0 Å². The van der Waals surface area contributed by atoms with E-state index >= 15 is 0 Å². The zero-order valence-electron chi connectivity index (χ0n) is 10.2. The molecule has 0 radical (unpaired) electrons. The van der Waals surface area contributed by atoms with Crippen LogP contribution >= 0.6 is 0 Å². The van der Waals surface area contributed by atoms with Crippen LogP contribution in [-0.4, -0.2) is 24.0 Å². The summed E-state index contributed by atoms with van der Waals surface area (Å²) in [6.45, 7) is 3.42. The van der Waals surface area contributed by atoms with Crippen molar-refractivity contribution >= 4 is 0 Å². The Morgan fingerprint density at radius 1 is 1.31 bits per heavy atom. The van der Waals surface area contributed by atoms with Crippen LogP contribution in [0.15, 0.2) is 30.3 Å². The van der Waals surface area contributed by atoms with E-state index in [-0.39, 0.29) is 5.54 Å². The first kappa shape index (κ1) is 11.2. The molecule has 1 saturated heterocycles. The fraction of sp³-hybridized carbons (Fsp3) is 0.467. The summed E-state index contributed by atoms with van der Waals surface area (Å²) in [5.41, 5.74) is 1.24.